The summed E-state index contributed by atoms with van der Waals surface area (Å²) in [6.45, 7) is 6.10. The highest BCUT2D eigenvalue weighted by atomic mass is 32.2. The molecule has 0 aliphatic heterocycles. The van der Waals surface area contributed by atoms with E-state index in [-0.39, 0.29) is 16.8 Å². The minimum atomic E-state index is -3.76. The van der Waals surface area contributed by atoms with E-state index in [0.29, 0.717) is 21.6 Å². The van der Waals surface area contributed by atoms with Crippen molar-refractivity contribution in [2.45, 2.75) is 51.0 Å². The molecule has 3 unspecified atom stereocenters. The van der Waals surface area contributed by atoms with E-state index in [1.54, 1.807) is 6.92 Å². The Hall–Kier alpha value is -0.920. The van der Waals surface area contributed by atoms with Gasteiger partial charge >= 0.3 is 0 Å². The summed E-state index contributed by atoms with van der Waals surface area (Å²) in [4.78, 5) is 13.3. The minimum Gasteiger partial charge on any atom is -0.349 e. The summed E-state index contributed by atoms with van der Waals surface area (Å²) < 4.78 is 22.8. The average Bonchev–Trinajstić information content (AvgIpc) is 2.76. The van der Waals surface area contributed by atoms with Gasteiger partial charge in [-0.1, -0.05) is 13.8 Å². The summed E-state index contributed by atoms with van der Waals surface area (Å²) in [5.41, 5.74) is 0. The standard InChI is InChI=1S/C14H22N2O3S2/c1-8-4-5-11(6-9(8)2)16-14(17)12-7-13(10(3)20-12)21(15,18)19/h7-9,11H,4-6H2,1-3H3,(H,16,17)(H2,15,18,19). The molecule has 3 atom stereocenters. The van der Waals surface area contributed by atoms with E-state index >= 15 is 0 Å². The number of nitrogens with two attached hydrogens (primary N) is 1. The predicted molar refractivity (Wildman–Crippen MR) is 83.9 cm³/mol. The summed E-state index contributed by atoms with van der Waals surface area (Å²) >= 11 is 1.17. The zero-order valence-corrected chi connectivity index (χ0v) is 14.2. The van der Waals surface area contributed by atoms with Crippen LogP contribution in [0.2, 0.25) is 0 Å². The van der Waals surface area contributed by atoms with Crippen molar-refractivity contribution in [3.8, 4) is 0 Å². The third kappa shape index (κ3) is 3.84. The third-order valence-electron chi connectivity index (χ3n) is 4.34. The smallest absolute Gasteiger partial charge is 0.261 e. The van der Waals surface area contributed by atoms with E-state index in [2.05, 4.69) is 19.2 Å². The highest BCUT2D eigenvalue weighted by Gasteiger charge is 2.27. The van der Waals surface area contributed by atoms with Gasteiger partial charge in [0.1, 0.15) is 0 Å². The first-order valence-electron chi connectivity index (χ1n) is 7.12. The molecule has 2 rings (SSSR count). The van der Waals surface area contributed by atoms with Crippen molar-refractivity contribution in [1.82, 2.24) is 5.32 Å². The Morgan fingerprint density at radius 1 is 1.33 bits per heavy atom. The van der Waals surface area contributed by atoms with E-state index in [9.17, 15) is 13.2 Å². The fraction of sp³-hybridized carbons (Fsp3) is 0.643. The maximum Gasteiger partial charge on any atom is 0.261 e. The Morgan fingerprint density at radius 2 is 2.00 bits per heavy atom. The molecule has 0 bridgehead atoms. The zero-order valence-electron chi connectivity index (χ0n) is 12.5. The van der Waals surface area contributed by atoms with Gasteiger partial charge in [-0.2, -0.15) is 0 Å². The van der Waals surface area contributed by atoms with Gasteiger partial charge in [-0.05, 0) is 44.1 Å². The molecule has 1 aliphatic rings. The summed E-state index contributed by atoms with van der Waals surface area (Å²) in [6, 6.07) is 1.54. The van der Waals surface area contributed by atoms with E-state index in [1.165, 1.54) is 17.4 Å². The number of sulfonamides is 1. The first-order chi connectivity index (χ1) is 9.68. The van der Waals surface area contributed by atoms with Gasteiger partial charge in [0.25, 0.3) is 5.91 Å². The number of hydrogen-bond acceptors (Lipinski definition) is 4. The van der Waals surface area contributed by atoms with Crippen LogP contribution in [0.25, 0.3) is 0 Å². The lowest BCUT2D eigenvalue weighted by Crippen LogP contribution is -2.39. The Kier molecular flexibility index (Phi) is 4.75. The lowest BCUT2D eigenvalue weighted by atomic mass is 9.79. The first kappa shape index (κ1) is 16.5. The summed E-state index contributed by atoms with van der Waals surface area (Å²) in [6.07, 6.45) is 3.06. The van der Waals surface area contributed by atoms with Gasteiger partial charge in [-0.15, -0.1) is 11.3 Å². The summed E-state index contributed by atoms with van der Waals surface area (Å²) in [5, 5.41) is 8.15. The van der Waals surface area contributed by atoms with Gasteiger partial charge in [0.2, 0.25) is 10.0 Å². The van der Waals surface area contributed by atoms with Gasteiger partial charge in [-0.25, -0.2) is 13.6 Å². The monoisotopic (exact) mass is 330 g/mol. The van der Waals surface area contributed by atoms with Crippen molar-refractivity contribution < 1.29 is 13.2 Å². The fourth-order valence-electron chi connectivity index (χ4n) is 2.79. The Labute approximate surface area is 130 Å². The van der Waals surface area contributed by atoms with Crippen LogP contribution >= 0.6 is 11.3 Å². The van der Waals surface area contributed by atoms with Crippen LogP contribution in [0, 0.1) is 18.8 Å². The van der Waals surface area contributed by atoms with Gasteiger partial charge in [-0.3, -0.25) is 4.79 Å². The maximum absolute atomic E-state index is 12.3. The highest BCUT2D eigenvalue weighted by Crippen LogP contribution is 2.30. The van der Waals surface area contributed by atoms with Gasteiger partial charge in [0, 0.05) is 10.9 Å². The van der Waals surface area contributed by atoms with Crippen molar-refractivity contribution in [1.29, 1.82) is 0 Å². The first-order valence-corrected chi connectivity index (χ1v) is 9.49. The maximum atomic E-state index is 12.3. The number of nitrogens with one attached hydrogen (secondary N) is 1. The number of primary sulfonamides is 1. The van der Waals surface area contributed by atoms with Crippen LogP contribution in [0.3, 0.4) is 0 Å². The van der Waals surface area contributed by atoms with E-state index < -0.39 is 10.0 Å². The zero-order chi connectivity index (χ0) is 15.8. The van der Waals surface area contributed by atoms with Crippen LogP contribution in [-0.2, 0) is 10.0 Å². The molecule has 0 aromatic carbocycles. The van der Waals surface area contributed by atoms with Crippen LogP contribution in [0.1, 0.15) is 47.7 Å². The highest BCUT2D eigenvalue weighted by molar-refractivity contribution is 7.89. The molecule has 1 fully saturated rings. The third-order valence-corrected chi connectivity index (χ3v) is 6.55. The molecule has 1 aromatic heterocycles. The second kappa shape index (κ2) is 6.06. The van der Waals surface area contributed by atoms with Crippen LogP contribution < -0.4 is 10.5 Å². The molecule has 0 saturated heterocycles. The van der Waals surface area contributed by atoms with Gasteiger partial charge < -0.3 is 5.32 Å². The predicted octanol–water partition coefficient (Wildman–Crippen LogP) is 2.26. The van der Waals surface area contributed by atoms with Crippen molar-refractivity contribution >= 4 is 27.3 Å². The molecule has 7 heteroatoms. The molecular formula is C14H22N2O3S2. The van der Waals surface area contributed by atoms with Crippen molar-refractivity contribution in [3.05, 3.63) is 15.8 Å². The molecule has 1 saturated carbocycles. The quantitative estimate of drug-likeness (QED) is 0.891. The molecule has 3 N–H and O–H groups in total. The molecule has 1 aromatic rings. The van der Waals surface area contributed by atoms with Crippen LogP contribution in [0.4, 0.5) is 0 Å². The Morgan fingerprint density at radius 3 is 2.52 bits per heavy atom. The Bertz CT molecular complexity index is 637. The van der Waals surface area contributed by atoms with E-state index in [4.69, 9.17) is 5.14 Å². The molecule has 0 spiro atoms. The number of rotatable bonds is 3. The number of aryl methyl sites for hydroxylation is 1. The number of amides is 1. The molecule has 5 nitrogen and oxygen atoms in total. The molecule has 21 heavy (non-hydrogen) atoms. The SMILES string of the molecule is Cc1sc(C(=O)NC2CCC(C)C(C)C2)cc1S(N)(=O)=O. The average molecular weight is 330 g/mol. The largest absolute Gasteiger partial charge is 0.349 e. The lowest BCUT2D eigenvalue weighted by molar-refractivity contribution is 0.0914. The number of carbonyl (C=O) groups excluding carboxylic acids is 1. The number of carbonyl (C=O) groups is 1. The number of thiophene rings is 1. The lowest BCUT2D eigenvalue weighted by Gasteiger charge is -2.32. The van der Waals surface area contributed by atoms with Crippen LogP contribution in [0.15, 0.2) is 11.0 Å². The summed E-state index contributed by atoms with van der Waals surface area (Å²) in [5.74, 6) is 1.08. The van der Waals surface area contributed by atoms with Gasteiger partial charge in [0.05, 0.1) is 9.77 Å². The minimum absolute atomic E-state index is 0.0447. The second-order valence-electron chi connectivity index (χ2n) is 6.01. The molecule has 1 amide bonds. The van der Waals surface area contributed by atoms with Crippen LogP contribution in [0.5, 0.6) is 0 Å². The summed E-state index contributed by atoms with van der Waals surface area (Å²) in [7, 11) is -3.76. The molecule has 1 heterocycles. The van der Waals surface area contributed by atoms with Crippen molar-refractivity contribution in [2.24, 2.45) is 17.0 Å². The second-order valence-corrected chi connectivity index (χ2v) is 8.80. The molecule has 118 valence electrons. The molecule has 0 radical (unpaired) electrons. The fourth-order valence-corrected chi connectivity index (χ4v) is 4.84. The van der Waals surface area contributed by atoms with Crippen LogP contribution in [-0.4, -0.2) is 20.4 Å². The van der Waals surface area contributed by atoms with E-state index in [0.717, 1.165) is 19.3 Å². The van der Waals surface area contributed by atoms with Gasteiger partial charge in [0.15, 0.2) is 0 Å². The van der Waals surface area contributed by atoms with Crippen molar-refractivity contribution in [3.63, 3.8) is 0 Å². The number of hydrogen-bond donors (Lipinski definition) is 2. The molecular weight excluding hydrogens is 308 g/mol. The topological polar surface area (TPSA) is 89.3 Å². The van der Waals surface area contributed by atoms with E-state index in [1.807, 2.05) is 0 Å². The molecule has 1 aliphatic carbocycles. The van der Waals surface area contributed by atoms with Crippen molar-refractivity contribution in [2.75, 3.05) is 0 Å². The Balaban J connectivity index is 2.08. The normalized spacial score (nSPS) is 26.6.